The Balaban J connectivity index is 1.34. The average Bonchev–Trinajstić information content (AvgIpc) is 3.32. The van der Waals surface area contributed by atoms with Gasteiger partial charge < -0.3 is 26.5 Å². The van der Waals surface area contributed by atoms with Crippen molar-refractivity contribution < 1.29 is 5.11 Å². The topological polar surface area (TPSA) is 92.5 Å². The number of nitrogens with zero attached hydrogens (tertiary/aromatic N) is 1. The van der Waals surface area contributed by atoms with Gasteiger partial charge in [0.2, 0.25) is 0 Å². The van der Waals surface area contributed by atoms with Gasteiger partial charge in [-0.3, -0.25) is 4.99 Å². The second kappa shape index (κ2) is 9.02. The van der Waals surface area contributed by atoms with Crippen LogP contribution in [0.5, 0.6) is 0 Å². The van der Waals surface area contributed by atoms with Gasteiger partial charge in [-0.05, 0) is 43.9 Å². The predicted molar refractivity (Wildman–Crippen MR) is 125 cm³/mol. The van der Waals surface area contributed by atoms with Crippen LogP contribution in [0.25, 0.3) is 0 Å². The maximum atomic E-state index is 10.2. The maximum absolute atomic E-state index is 10.2. The molecular formula is C23H33N5OS. The van der Waals surface area contributed by atoms with Crippen molar-refractivity contribution in [3.05, 3.63) is 47.5 Å². The molecule has 7 heteroatoms. The Hall–Kier alpha value is -1.99. The number of hydrogen-bond acceptors (Lipinski definition) is 6. The van der Waals surface area contributed by atoms with Crippen molar-refractivity contribution in [1.82, 2.24) is 16.0 Å². The van der Waals surface area contributed by atoms with E-state index >= 15 is 0 Å². The molecule has 4 rings (SSSR count). The van der Waals surface area contributed by atoms with E-state index in [1.165, 1.54) is 29.6 Å². The van der Waals surface area contributed by atoms with Crippen molar-refractivity contribution in [3.8, 4) is 0 Å². The van der Waals surface area contributed by atoms with Gasteiger partial charge in [-0.2, -0.15) is 0 Å². The van der Waals surface area contributed by atoms with Crippen LogP contribution in [0.3, 0.4) is 0 Å². The molecule has 2 aliphatic heterocycles. The fourth-order valence-electron chi connectivity index (χ4n) is 4.64. The molecule has 162 valence electrons. The van der Waals surface area contributed by atoms with Crippen LogP contribution in [0.2, 0.25) is 0 Å². The van der Waals surface area contributed by atoms with Crippen LogP contribution in [-0.4, -0.2) is 40.1 Å². The molecule has 2 fully saturated rings. The Labute approximate surface area is 183 Å². The summed E-state index contributed by atoms with van der Waals surface area (Å²) in [6.45, 7) is 5.08. The lowest BCUT2D eigenvalue weighted by atomic mass is 9.87. The van der Waals surface area contributed by atoms with Gasteiger partial charge in [0.1, 0.15) is 5.66 Å². The number of allylic oxidation sites excluding steroid dienone is 4. The Morgan fingerprint density at radius 3 is 2.97 bits per heavy atom. The van der Waals surface area contributed by atoms with Crippen LogP contribution >= 0.6 is 11.8 Å². The van der Waals surface area contributed by atoms with Crippen molar-refractivity contribution in [2.75, 3.05) is 6.54 Å². The summed E-state index contributed by atoms with van der Waals surface area (Å²) in [7, 11) is 0. The number of aliphatic imine (C=N–C) groups is 1. The monoisotopic (exact) mass is 427 g/mol. The highest BCUT2D eigenvalue weighted by atomic mass is 32.2. The third kappa shape index (κ3) is 4.67. The van der Waals surface area contributed by atoms with Gasteiger partial charge in [0.25, 0.3) is 0 Å². The van der Waals surface area contributed by atoms with E-state index < -0.39 is 0 Å². The summed E-state index contributed by atoms with van der Waals surface area (Å²) in [4.78, 5) is 4.82. The molecule has 30 heavy (non-hydrogen) atoms. The third-order valence-corrected chi connectivity index (χ3v) is 7.91. The number of hydrogen-bond donors (Lipinski definition) is 5. The van der Waals surface area contributed by atoms with Gasteiger partial charge >= 0.3 is 0 Å². The summed E-state index contributed by atoms with van der Waals surface area (Å²) in [5.74, 6) is 0.724. The summed E-state index contributed by atoms with van der Waals surface area (Å²) >= 11 is 1.82. The minimum absolute atomic E-state index is 0.191. The normalized spacial score (nSPS) is 37.0. The molecule has 1 saturated carbocycles. The fraction of sp³-hybridized carbons (Fsp3) is 0.565. The highest BCUT2D eigenvalue weighted by Crippen LogP contribution is 2.40. The van der Waals surface area contributed by atoms with Crippen LogP contribution in [0.15, 0.2) is 52.5 Å². The molecule has 5 N–H and O–H groups in total. The summed E-state index contributed by atoms with van der Waals surface area (Å²) in [6, 6.07) is 0. The van der Waals surface area contributed by atoms with E-state index in [2.05, 4.69) is 41.9 Å². The van der Waals surface area contributed by atoms with Gasteiger partial charge in [-0.1, -0.05) is 43.2 Å². The second-order valence-corrected chi connectivity index (χ2v) is 10.0. The van der Waals surface area contributed by atoms with Gasteiger partial charge in [-0.15, -0.1) is 0 Å². The van der Waals surface area contributed by atoms with E-state index in [0.29, 0.717) is 17.1 Å². The number of fused-ring (bicyclic) bond motifs is 1. The van der Waals surface area contributed by atoms with Crippen LogP contribution in [0.1, 0.15) is 46.0 Å². The Kier molecular flexibility index (Phi) is 6.39. The molecule has 0 radical (unpaired) electrons. The van der Waals surface area contributed by atoms with Crippen LogP contribution < -0.4 is 16.0 Å². The maximum Gasteiger partial charge on any atom is 0.161 e. The molecule has 5 atom stereocenters. The van der Waals surface area contributed by atoms with Crippen molar-refractivity contribution >= 4 is 23.1 Å². The SMILES string of the molecule is CC1C(CC2=CNC(C)(/C=C\C=N)N2)=CC=C2NC(=NC[C@@H]3CCCC[C@H]3O)SC21. The Bertz CT molecular complexity index is 829. The highest BCUT2D eigenvalue weighted by Gasteiger charge is 2.36. The smallest absolute Gasteiger partial charge is 0.161 e. The zero-order chi connectivity index (χ0) is 21.1. The molecule has 4 aliphatic rings. The molecule has 1 saturated heterocycles. The van der Waals surface area contributed by atoms with Gasteiger partial charge in [0.15, 0.2) is 5.17 Å². The number of thioether (sulfide) groups is 1. The Morgan fingerprint density at radius 1 is 1.33 bits per heavy atom. The van der Waals surface area contributed by atoms with E-state index in [-0.39, 0.29) is 11.8 Å². The number of aliphatic hydroxyl groups is 1. The quantitative estimate of drug-likeness (QED) is 0.419. The molecule has 6 nitrogen and oxygen atoms in total. The van der Waals surface area contributed by atoms with E-state index in [1.807, 2.05) is 24.0 Å². The summed E-state index contributed by atoms with van der Waals surface area (Å²) in [5.41, 5.74) is 3.48. The van der Waals surface area contributed by atoms with Crippen LogP contribution in [0, 0.1) is 17.2 Å². The van der Waals surface area contributed by atoms with E-state index in [4.69, 9.17) is 10.4 Å². The molecular weight excluding hydrogens is 394 g/mol. The lowest BCUT2D eigenvalue weighted by molar-refractivity contribution is 0.0745. The van der Waals surface area contributed by atoms with Crippen molar-refractivity contribution in [2.24, 2.45) is 16.8 Å². The van der Waals surface area contributed by atoms with Crippen molar-refractivity contribution in [3.63, 3.8) is 0 Å². The highest BCUT2D eigenvalue weighted by molar-refractivity contribution is 8.15. The number of amidine groups is 1. The van der Waals surface area contributed by atoms with E-state index in [0.717, 1.165) is 37.4 Å². The molecule has 0 aromatic heterocycles. The lowest BCUT2D eigenvalue weighted by Gasteiger charge is -2.27. The first-order valence-corrected chi connectivity index (χ1v) is 11.9. The first kappa shape index (κ1) is 21.2. The van der Waals surface area contributed by atoms with E-state index in [9.17, 15) is 5.11 Å². The van der Waals surface area contributed by atoms with Crippen molar-refractivity contribution in [1.29, 1.82) is 5.41 Å². The second-order valence-electron chi connectivity index (χ2n) is 8.92. The summed E-state index contributed by atoms with van der Waals surface area (Å²) in [6.07, 6.45) is 16.5. The average molecular weight is 428 g/mol. The lowest BCUT2D eigenvalue weighted by Crippen LogP contribution is -2.44. The fourth-order valence-corrected chi connectivity index (χ4v) is 5.85. The molecule has 2 aliphatic carbocycles. The predicted octanol–water partition coefficient (Wildman–Crippen LogP) is 3.40. The van der Waals surface area contributed by atoms with Gasteiger partial charge in [0, 0.05) is 42.7 Å². The molecule has 3 unspecified atom stereocenters. The Morgan fingerprint density at radius 2 is 2.17 bits per heavy atom. The molecule has 0 aromatic carbocycles. The van der Waals surface area contributed by atoms with Gasteiger partial charge in [-0.25, -0.2) is 0 Å². The summed E-state index contributed by atoms with van der Waals surface area (Å²) in [5, 5.41) is 29.2. The standard InChI is InChI=1S/C23H33N5OS/c1-15-16(12-18-14-26-23(2,28-18)10-5-11-24)8-9-19-21(15)30-22(27-19)25-13-17-6-3-4-7-20(17)29/h5,8-11,14-15,17,20-21,24,26,28-29H,3-4,6-7,12-13H2,1-2H3,(H,25,27)/b10-5-,24-11?/t15?,17-,20+,21?,23?/m0/s1. The minimum atomic E-state index is -0.334. The molecule has 2 heterocycles. The third-order valence-electron chi connectivity index (χ3n) is 6.54. The first-order valence-electron chi connectivity index (χ1n) is 11.0. The van der Waals surface area contributed by atoms with Crippen molar-refractivity contribution in [2.45, 2.75) is 63.0 Å². The van der Waals surface area contributed by atoms with Crippen LogP contribution in [-0.2, 0) is 0 Å². The zero-order valence-electron chi connectivity index (χ0n) is 17.8. The number of rotatable bonds is 6. The van der Waals surface area contributed by atoms with Crippen LogP contribution in [0.4, 0.5) is 0 Å². The molecule has 0 amide bonds. The summed E-state index contributed by atoms with van der Waals surface area (Å²) < 4.78 is 0. The molecule has 0 aromatic rings. The molecule has 0 bridgehead atoms. The zero-order valence-corrected chi connectivity index (χ0v) is 18.6. The van der Waals surface area contributed by atoms with Gasteiger partial charge in [0.05, 0.1) is 11.4 Å². The van der Waals surface area contributed by atoms with E-state index in [1.54, 1.807) is 6.08 Å². The molecule has 0 spiro atoms. The minimum Gasteiger partial charge on any atom is -0.393 e. The largest absolute Gasteiger partial charge is 0.393 e. The number of aliphatic hydroxyl groups excluding tert-OH is 1. The first-order chi connectivity index (χ1) is 14.5. The number of nitrogens with one attached hydrogen (secondary N) is 4.